The van der Waals surface area contributed by atoms with E-state index in [9.17, 15) is 14.9 Å². The number of anilines is 2. The molecule has 0 radical (unpaired) electrons. The van der Waals surface area contributed by atoms with Crippen LogP contribution in [0.4, 0.5) is 11.4 Å². The first kappa shape index (κ1) is 22.8. The van der Waals surface area contributed by atoms with Gasteiger partial charge in [0.25, 0.3) is 5.71 Å². The van der Waals surface area contributed by atoms with Gasteiger partial charge in [-0.1, -0.05) is 47.6 Å². The van der Waals surface area contributed by atoms with Gasteiger partial charge in [0.2, 0.25) is 5.78 Å². The number of carbonyl (C=O) groups is 2. The van der Waals surface area contributed by atoms with Gasteiger partial charge in [-0.05, 0) is 25.1 Å². The normalized spacial score (nSPS) is 12.4. The molecule has 178 valence electrons. The third kappa shape index (κ3) is 3.75. The quantitative estimate of drug-likeness (QED) is 0.235. The summed E-state index contributed by atoms with van der Waals surface area (Å²) in [6.07, 6.45) is 0. The van der Waals surface area contributed by atoms with E-state index in [1.165, 1.54) is 0 Å². The summed E-state index contributed by atoms with van der Waals surface area (Å²) in [6, 6.07) is 20.4. The number of esters is 1. The number of benzene rings is 2. The number of aromatic nitrogens is 2. The van der Waals surface area contributed by atoms with Crippen molar-refractivity contribution in [2.45, 2.75) is 6.92 Å². The molecule has 0 amide bonds. The zero-order valence-electron chi connectivity index (χ0n) is 19.8. The molecular weight excluding hydrogens is 458 g/mol. The number of aryl methyl sites for hydroxylation is 1. The van der Waals surface area contributed by atoms with E-state index in [0.717, 1.165) is 16.9 Å². The molecule has 9 heteroatoms. The second kappa shape index (κ2) is 9.00. The molecule has 0 saturated carbocycles. The molecule has 0 fully saturated rings. The number of para-hydroxylation sites is 2. The lowest BCUT2D eigenvalue weighted by atomic mass is 10.1. The van der Waals surface area contributed by atoms with Crippen molar-refractivity contribution in [2.24, 2.45) is 0 Å². The Bertz CT molecular complexity index is 1550. The molecule has 0 unspecified atom stereocenters. The van der Waals surface area contributed by atoms with Gasteiger partial charge >= 0.3 is 5.97 Å². The van der Waals surface area contributed by atoms with E-state index in [0.29, 0.717) is 22.6 Å². The fourth-order valence-corrected chi connectivity index (χ4v) is 4.35. The summed E-state index contributed by atoms with van der Waals surface area (Å²) in [4.78, 5) is 34.2. The summed E-state index contributed by atoms with van der Waals surface area (Å²) in [7, 11) is 3.56. The number of pyridine rings is 1. The van der Waals surface area contributed by atoms with Gasteiger partial charge < -0.3 is 19.1 Å². The highest BCUT2D eigenvalue weighted by atomic mass is 16.5. The summed E-state index contributed by atoms with van der Waals surface area (Å²) in [5.74, 6) is -0.923. The molecule has 0 saturated heterocycles. The molecule has 0 bridgehead atoms. The minimum absolute atomic E-state index is 0.102. The maximum atomic E-state index is 13.1. The highest BCUT2D eigenvalue weighted by Gasteiger charge is 2.32. The molecule has 2 aromatic carbocycles. The van der Waals surface area contributed by atoms with Crippen LogP contribution in [-0.4, -0.2) is 42.6 Å². The van der Waals surface area contributed by atoms with Crippen molar-refractivity contribution in [1.82, 2.24) is 10.1 Å². The SMILES string of the molecule is Cc1noc2nc(-c3ccccc3)cc(C(=O)OCC(=O)C(C#N)=C3N(C)c4ccccc4N3C)c12. The molecule has 0 N–H and O–H groups in total. The van der Waals surface area contributed by atoms with Gasteiger partial charge in [0.05, 0.1) is 33.7 Å². The molecule has 2 aromatic heterocycles. The van der Waals surface area contributed by atoms with E-state index in [-0.39, 0.29) is 16.9 Å². The van der Waals surface area contributed by atoms with Crippen LogP contribution >= 0.6 is 0 Å². The minimum Gasteiger partial charge on any atom is -0.454 e. The van der Waals surface area contributed by atoms with Crippen molar-refractivity contribution in [1.29, 1.82) is 5.26 Å². The number of Topliss-reactive ketones (excluding diaryl/α,β-unsaturated/α-hetero) is 1. The minimum atomic E-state index is -0.738. The molecule has 4 aromatic rings. The van der Waals surface area contributed by atoms with Crippen LogP contribution in [0.15, 0.2) is 76.6 Å². The van der Waals surface area contributed by atoms with E-state index in [4.69, 9.17) is 9.26 Å². The lowest BCUT2D eigenvalue weighted by molar-refractivity contribution is -0.118. The number of carbonyl (C=O) groups excluding carboxylic acids is 2. The molecule has 3 heterocycles. The first-order valence-corrected chi connectivity index (χ1v) is 11.1. The molecule has 9 nitrogen and oxygen atoms in total. The molecular formula is C27H21N5O4. The van der Waals surface area contributed by atoms with Crippen molar-refractivity contribution in [3.8, 4) is 17.3 Å². The predicted molar refractivity (Wildman–Crippen MR) is 133 cm³/mol. The monoisotopic (exact) mass is 479 g/mol. The Morgan fingerprint density at radius 3 is 2.31 bits per heavy atom. The first-order valence-electron chi connectivity index (χ1n) is 11.1. The third-order valence-electron chi connectivity index (χ3n) is 6.10. The van der Waals surface area contributed by atoms with Gasteiger partial charge in [0.1, 0.15) is 17.5 Å². The standard InChI is InChI=1S/C27H21N5O4/c1-16-24-18(13-20(29-25(24)36-30-16)17-9-5-4-6-10-17)27(34)35-15-23(33)19(14-28)26-31(2)21-11-7-8-12-22(21)32(26)3/h4-13H,15H2,1-3H3. The summed E-state index contributed by atoms with van der Waals surface area (Å²) in [5.41, 5.74) is 3.76. The number of fused-ring (bicyclic) bond motifs is 2. The summed E-state index contributed by atoms with van der Waals surface area (Å²) < 4.78 is 10.7. The molecule has 1 aliphatic rings. The van der Waals surface area contributed by atoms with Gasteiger partial charge in [-0.15, -0.1) is 0 Å². The van der Waals surface area contributed by atoms with E-state index < -0.39 is 18.4 Å². The summed E-state index contributed by atoms with van der Waals surface area (Å²) in [5, 5.41) is 14.2. The third-order valence-corrected chi connectivity index (χ3v) is 6.10. The van der Waals surface area contributed by atoms with Gasteiger partial charge in [0.15, 0.2) is 6.61 Å². The second-order valence-corrected chi connectivity index (χ2v) is 8.29. The lowest BCUT2D eigenvalue weighted by Gasteiger charge is -2.19. The fourth-order valence-electron chi connectivity index (χ4n) is 4.35. The maximum Gasteiger partial charge on any atom is 0.339 e. The molecule has 0 atom stereocenters. The van der Waals surface area contributed by atoms with Gasteiger partial charge in [-0.2, -0.15) is 5.26 Å². The zero-order valence-corrected chi connectivity index (χ0v) is 19.8. The fraction of sp³-hybridized carbons (Fsp3) is 0.148. The molecule has 0 spiro atoms. The smallest absolute Gasteiger partial charge is 0.339 e. The van der Waals surface area contributed by atoms with Crippen LogP contribution in [0.5, 0.6) is 0 Å². The summed E-state index contributed by atoms with van der Waals surface area (Å²) in [6.45, 7) is 1.09. The Morgan fingerprint density at radius 2 is 1.67 bits per heavy atom. The van der Waals surface area contributed by atoms with Crippen LogP contribution in [0.1, 0.15) is 16.1 Å². The Hall–Kier alpha value is -4.97. The Kier molecular flexibility index (Phi) is 5.70. The van der Waals surface area contributed by atoms with Gasteiger partial charge in [-0.3, -0.25) is 4.79 Å². The van der Waals surface area contributed by atoms with Crippen molar-refractivity contribution in [3.63, 3.8) is 0 Å². The van der Waals surface area contributed by atoms with Crippen molar-refractivity contribution in [3.05, 3.63) is 83.3 Å². The topological polar surface area (TPSA) is 113 Å². The van der Waals surface area contributed by atoms with Crippen LogP contribution < -0.4 is 9.80 Å². The van der Waals surface area contributed by atoms with Crippen LogP contribution in [0.3, 0.4) is 0 Å². The highest BCUT2D eigenvalue weighted by molar-refractivity contribution is 6.07. The number of nitrogens with zero attached hydrogens (tertiary/aromatic N) is 5. The number of rotatable bonds is 5. The molecule has 36 heavy (non-hydrogen) atoms. The molecule has 1 aliphatic heterocycles. The Morgan fingerprint density at radius 1 is 1.03 bits per heavy atom. The Labute approximate surface area is 206 Å². The van der Waals surface area contributed by atoms with E-state index in [2.05, 4.69) is 10.1 Å². The van der Waals surface area contributed by atoms with E-state index in [1.807, 2.05) is 60.7 Å². The van der Waals surface area contributed by atoms with Gasteiger partial charge in [0, 0.05) is 19.7 Å². The predicted octanol–water partition coefficient (Wildman–Crippen LogP) is 4.25. The van der Waals surface area contributed by atoms with Crippen LogP contribution in [-0.2, 0) is 9.53 Å². The average Bonchev–Trinajstić information content (AvgIpc) is 3.40. The second-order valence-electron chi connectivity index (χ2n) is 8.29. The molecule has 5 rings (SSSR count). The van der Waals surface area contributed by atoms with Crippen molar-refractivity contribution >= 4 is 34.2 Å². The van der Waals surface area contributed by atoms with Crippen molar-refractivity contribution < 1.29 is 18.8 Å². The first-order chi connectivity index (χ1) is 17.4. The number of hydrogen-bond donors (Lipinski definition) is 0. The summed E-state index contributed by atoms with van der Waals surface area (Å²) >= 11 is 0. The largest absolute Gasteiger partial charge is 0.454 e. The van der Waals surface area contributed by atoms with Crippen molar-refractivity contribution in [2.75, 3.05) is 30.5 Å². The number of hydrogen-bond acceptors (Lipinski definition) is 9. The average molecular weight is 479 g/mol. The number of ketones is 1. The van der Waals surface area contributed by atoms with E-state index >= 15 is 0 Å². The maximum absolute atomic E-state index is 13.1. The molecule has 0 aliphatic carbocycles. The van der Waals surface area contributed by atoms with Crippen LogP contribution in [0.25, 0.3) is 22.4 Å². The van der Waals surface area contributed by atoms with Crippen LogP contribution in [0.2, 0.25) is 0 Å². The van der Waals surface area contributed by atoms with Gasteiger partial charge in [-0.25, -0.2) is 9.78 Å². The number of nitriles is 1. The zero-order chi connectivity index (χ0) is 25.4. The lowest BCUT2D eigenvalue weighted by Crippen LogP contribution is -2.27. The van der Waals surface area contributed by atoms with Crippen LogP contribution in [0, 0.1) is 18.3 Å². The Balaban J connectivity index is 1.44. The number of ether oxygens (including phenoxy) is 1. The highest BCUT2D eigenvalue weighted by Crippen LogP contribution is 2.40. The van der Waals surface area contributed by atoms with E-state index in [1.54, 1.807) is 36.9 Å².